The molecule has 6 nitrogen and oxygen atoms in total. The Morgan fingerprint density at radius 1 is 1.23 bits per heavy atom. The summed E-state index contributed by atoms with van der Waals surface area (Å²) in [6.07, 6.45) is 0.225. The average molecular weight is 361 g/mol. The first-order valence-corrected chi connectivity index (χ1v) is 7.86. The van der Waals surface area contributed by atoms with Crippen molar-refractivity contribution < 1.29 is 18.3 Å². The van der Waals surface area contributed by atoms with Gasteiger partial charge in [0, 0.05) is 19.2 Å². The Morgan fingerprint density at radius 3 is 2.65 bits per heavy atom. The number of hydrogen-bond acceptors (Lipinski definition) is 4. The number of nitrogens with zero attached hydrogens (tertiary/aromatic N) is 2. The van der Waals surface area contributed by atoms with Crippen LogP contribution in [0, 0.1) is 11.6 Å². The maximum atomic E-state index is 14.5. The zero-order valence-corrected chi connectivity index (χ0v) is 14.3. The number of halogens is 2. The molecule has 26 heavy (non-hydrogen) atoms. The summed E-state index contributed by atoms with van der Waals surface area (Å²) >= 11 is 0. The highest BCUT2D eigenvalue weighted by molar-refractivity contribution is 5.80. The predicted molar refractivity (Wildman–Crippen MR) is 93.2 cm³/mol. The van der Waals surface area contributed by atoms with Crippen molar-refractivity contribution >= 4 is 22.7 Å². The molecule has 136 valence electrons. The van der Waals surface area contributed by atoms with Gasteiger partial charge in [-0.2, -0.15) is 0 Å². The van der Waals surface area contributed by atoms with Crippen molar-refractivity contribution in [3.8, 4) is 5.69 Å². The number of benzene rings is 2. The molecule has 2 N–H and O–H groups in total. The Balaban J connectivity index is 2.30. The second-order valence-corrected chi connectivity index (χ2v) is 5.83. The van der Waals surface area contributed by atoms with Crippen LogP contribution in [-0.2, 0) is 23.0 Å². The first-order valence-electron chi connectivity index (χ1n) is 7.86. The Morgan fingerprint density at radius 2 is 1.96 bits per heavy atom. The quantitative estimate of drug-likeness (QED) is 0.571. The summed E-state index contributed by atoms with van der Waals surface area (Å²) in [4.78, 5) is 24.2. The van der Waals surface area contributed by atoms with E-state index >= 15 is 0 Å². The first kappa shape index (κ1) is 17.7. The van der Waals surface area contributed by atoms with E-state index < -0.39 is 23.3 Å². The zero-order chi connectivity index (χ0) is 19.0. The standard InChI is InChI=1S/C18H17F2N3O3/c1-22-14-8-7-11(19)16(20)17(14)23(18(22)25)13-5-3-4-12(21)10(13)6-9-15(24)26-2/h3-5,7-8H,6,9,21H2,1-2H3. The molecule has 8 heteroatoms. The third-order valence-corrected chi connectivity index (χ3v) is 4.35. The number of aromatic nitrogens is 2. The molecule has 0 aliphatic heterocycles. The van der Waals surface area contributed by atoms with E-state index in [1.54, 1.807) is 18.2 Å². The Bertz CT molecular complexity index is 1070. The fourth-order valence-corrected chi connectivity index (χ4v) is 2.99. The SMILES string of the molecule is COC(=O)CCc1c(N)cccc1-n1c(=O)n(C)c2ccc(F)c(F)c21. The molecule has 0 atom stereocenters. The van der Waals surface area contributed by atoms with E-state index in [-0.39, 0.29) is 23.9 Å². The Labute approximate surface area is 147 Å². The topological polar surface area (TPSA) is 79.2 Å². The van der Waals surface area contributed by atoms with E-state index in [1.165, 1.54) is 24.8 Å². The number of carbonyl (C=O) groups excluding carboxylic acids is 1. The second kappa shape index (κ2) is 6.62. The molecule has 0 bridgehead atoms. The second-order valence-electron chi connectivity index (χ2n) is 5.83. The molecule has 0 amide bonds. The van der Waals surface area contributed by atoms with Crippen LogP contribution in [0.4, 0.5) is 14.5 Å². The van der Waals surface area contributed by atoms with Gasteiger partial charge < -0.3 is 10.5 Å². The largest absolute Gasteiger partial charge is 0.469 e. The molecule has 0 spiro atoms. The minimum atomic E-state index is -1.12. The van der Waals surface area contributed by atoms with Crippen LogP contribution in [0.1, 0.15) is 12.0 Å². The van der Waals surface area contributed by atoms with E-state index in [1.807, 2.05) is 0 Å². The van der Waals surface area contributed by atoms with Crippen molar-refractivity contribution in [3.63, 3.8) is 0 Å². The highest BCUT2D eigenvalue weighted by Crippen LogP contribution is 2.27. The number of carbonyl (C=O) groups is 1. The minimum absolute atomic E-state index is 0.0358. The maximum Gasteiger partial charge on any atom is 0.333 e. The summed E-state index contributed by atoms with van der Waals surface area (Å²) in [5, 5.41) is 0. The van der Waals surface area contributed by atoms with E-state index in [4.69, 9.17) is 5.73 Å². The summed E-state index contributed by atoms with van der Waals surface area (Å²) < 4.78 is 35.2. The monoisotopic (exact) mass is 361 g/mol. The summed E-state index contributed by atoms with van der Waals surface area (Å²) in [5.41, 5.74) is 6.66. The van der Waals surface area contributed by atoms with Gasteiger partial charge in [0.25, 0.3) is 0 Å². The zero-order valence-electron chi connectivity index (χ0n) is 14.3. The number of anilines is 1. The van der Waals surface area contributed by atoms with Crippen LogP contribution in [0.5, 0.6) is 0 Å². The molecule has 1 aromatic heterocycles. The van der Waals surface area contributed by atoms with Crippen LogP contribution in [0.3, 0.4) is 0 Å². The van der Waals surface area contributed by atoms with Gasteiger partial charge >= 0.3 is 11.7 Å². The third kappa shape index (κ3) is 2.73. The van der Waals surface area contributed by atoms with Crippen LogP contribution in [0.15, 0.2) is 35.1 Å². The highest BCUT2D eigenvalue weighted by Gasteiger charge is 2.21. The molecular weight excluding hydrogens is 344 g/mol. The summed E-state index contributed by atoms with van der Waals surface area (Å²) in [7, 11) is 2.74. The lowest BCUT2D eigenvalue weighted by atomic mass is 10.0. The maximum absolute atomic E-state index is 14.5. The van der Waals surface area contributed by atoms with Gasteiger partial charge in [-0.25, -0.2) is 13.6 Å². The van der Waals surface area contributed by atoms with Crippen molar-refractivity contribution in [2.45, 2.75) is 12.8 Å². The van der Waals surface area contributed by atoms with Crippen molar-refractivity contribution in [2.75, 3.05) is 12.8 Å². The van der Waals surface area contributed by atoms with Crippen LogP contribution in [0.25, 0.3) is 16.7 Å². The van der Waals surface area contributed by atoms with Crippen LogP contribution in [-0.4, -0.2) is 22.2 Å². The molecule has 2 aromatic carbocycles. The number of ether oxygens (including phenoxy) is 1. The van der Waals surface area contributed by atoms with Crippen molar-refractivity contribution in [2.24, 2.45) is 7.05 Å². The third-order valence-electron chi connectivity index (χ3n) is 4.35. The van der Waals surface area contributed by atoms with Crippen LogP contribution < -0.4 is 11.4 Å². The molecular formula is C18H17F2N3O3. The number of nitrogen functional groups attached to an aromatic ring is 1. The van der Waals surface area contributed by atoms with Gasteiger partial charge in [0.1, 0.15) is 5.52 Å². The summed E-state index contributed by atoms with van der Waals surface area (Å²) in [6, 6.07) is 7.11. The van der Waals surface area contributed by atoms with Gasteiger partial charge in [0.05, 0.1) is 18.3 Å². The fraction of sp³-hybridized carbons (Fsp3) is 0.222. The van der Waals surface area contributed by atoms with Gasteiger partial charge in [-0.15, -0.1) is 0 Å². The van der Waals surface area contributed by atoms with E-state index in [9.17, 15) is 18.4 Å². The Kier molecular flexibility index (Phi) is 4.50. The number of rotatable bonds is 4. The molecule has 0 aliphatic rings. The van der Waals surface area contributed by atoms with Gasteiger partial charge in [-0.3, -0.25) is 13.9 Å². The number of aryl methyl sites for hydroxylation is 1. The predicted octanol–water partition coefficient (Wildman–Crippen LogP) is 2.30. The molecule has 0 fully saturated rings. The van der Waals surface area contributed by atoms with Gasteiger partial charge in [0.15, 0.2) is 11.6 Å². The number of hydrogen-bond donors (Lipinski definition) is 1. The number of esters is 1. The molecule has 0 aliphatic carbocycles. The van der Waals surface area contributed by atoms with E-state index in [0.29, 0.717) is 16.9 Å². The first-order chi connectivity index (χ1) is 12.4. The van der Waals surface area contributed by atoms with Crippen LogP contribution >= 0.6 is 0 Å². The minimum Gasteiger partial charge on any atom is -0.469 e. The lowest BCUT2D eigenvalue weighted by Gasteiger charge is -2.13. The van der Waals surface area contributed by atoms with Crippen molar-refractivity contribution in [3.05, 3.63) is 58.0 Å². The molecule has 3 aromatic rings. The number of fused-ring (bicyclic) bond motifs is 1. The summed E-state index contributed by atoms with van der Waals surface area (Å²) in [5.74, 6) is -2.62. The normalized spacial score (nSPS) is 11.1. The Hall–Kier alpha value is -3.16. The lowest BCUT2D eigenvalue weighted by molar-refractivity contribution is -0.140. The van der Waals surface area contributed by atoms with Gasteiger partial charge in [-0.1, -0.05) is 6.07 Å². The van der Waals surface area contributed by atoms with E-state index in [2.05, 4.69) is 4.74 Å². The lowest BCUT2D eigenvalue weighted by Crippen LogP contribution is -2.22. The van der Waals surface area contributed by atoms with Gasteiger partial charge in [-0.05, 0) is 36.2 Å². The number of imidazole rings is 1. The number of methoxy groups -OCH3 is 1. The van der Waals surface area contributed by atoms with E-state index in [0.717, 1.165) is 10.6 Å². The van der Waals surface area contributed by atoms with Gasteiger partial charge in [0.2, 0.25) is 0 Å². The van der Waals surface area contributed by atoms with Crippen molar-refractivity contribution in [1.82, 2.24) is 9.13 Å². The van der Waals surface area contributed by atoms with Crippen molar-refractivity contribution in [1.29, 1.82) is 0 Å². The molecule has 0 saturated heterocycles. The summed E-state index contributed by atoms with van der Waals surface area (Å²) in [6.45, 7) is 0. The highest BCUT2D eigenvalue weighted by atomic mass is 19.2. The average Bonchev–Trinajstić information content (AvgIpc) is 2.88. The molecule has 3 rings (SSSR count). The molecule has 0 saturated carbocycles. The molecule has 0 unspecified atom stereocenters. The van der Waals surface area contributed by atoms with Crippen LogP contribution in [0.2, 0.25) is 0 Å². The molecule has 1 heterocycles. The molecule has 0 radical (unpaired) electrons. The fourth-order valence-electron chi connectivity index (χ4n) is 2.99. The smallest absolute Gasteiger partial charge is 0.333 e. The number of nitrogens with two attached hydrogens (primary N) is 1.